The Hall–Kier alpha value is -3.12. The number of hydrogen-bond acceptors (Lipinski definition) is 3. The van der Waals surface area contributed by atoms with Gasteiger partial charge in [-0.05, 0) is 55.0 Å². The number of aromatic nitrogens is 1. The molecule has 1 aliphatic carbocycles. The van der Waals surface area contributed by atoms with Gasteiger partial charge in [0.15, 0.2) is 0 Å². The number of furan rings is 1. The molecule has 1 aliphatic rings. The van der Waals surface area contributed by atoms with Crippen molar-refractivity contribution in [3.63, 3.8) is 0 Å². The Labute approximate surface area is 158 Å². The number of nitrogens with zero attached hydrogens (tertiary/aromatic N) is 2. The average Bonchev–Trinajstić information content (AvgIpc) is 3.13. The van der Waals surface area contributed by atoms with Crippen molar-refractivity contribution in [2.45, 2.75) is 31.6 Å². The predicted octanol–water partition coefficient (Wildman–Crippen LogP) is 6.45. The minimum atomic E-state index is 0.180. The molecule has 132 valence electrons. The lowest BCUT2D eigenvalue weighted by Crippen LogP contribution is -2.13. The van der Waals surface area contributed by atoms with Crippen LogP contribution < -0.4 is 0 Å². The van der Waals surface area contributed by atoms with Crippen molar-refractivity contribution in [2.75, 3.05) is 0 Å². The van der Waals surface area contributed by atoms with Crippen LogP contribution in [0.4, 0.5) is 0 Å². The Kier molecular flexibility index (Phi) is 3.90. The molecule has 0 radical (unpaired) electrons. The van der Waals surface area contributed by atoms with Gasteiger partial charge in [0.25, 0.3) is 0 Å². The van der Waals surface area contributed by atoms with Crippen molar-refractivity contribution in [3.8, 4) is 17.3 Å². The van der Waals surface area contributed by atoms with Crippen molar-refractivity contribution < 1.29 is 4.42 Å². The van der Waals surface area contributed by atoms with Crippen molar-refractivity contribution in [3.05, 3.63) is 66.4 Å². The van der Waals surface area contributed by atoms with Crippen LogP contribution in [0.15, 0.2) is 65.2 Å². The van der Waals surface area contributed by atoms with Crippen LogP contribution in [0.1, 0.15) is 37.2 Å². The van der Waals surface area contributed by atoms with Crippen LogP contribution in [0.25, 0.3) is 33.2 Å². The summed E-state index contributed by atoms with van der Waals surface area (Å²) in [6.45, 7) is 0. The second kappa shape index (κ2) is 6.55. The molecular formula is C24H20N2O. The van der Waals surface area contributed by atoms with Crippen LogP contribution in [-0.4, -0.2) is 4.98 Å². The predicted molar refractivity (Wildman–Crippen MR) is 107 cm³/mol. The average molecular weight is 352 g/mol. The van der Waals surface area contributed by atoms with Crippen molar-refractivity contribution in [1.29, 1.82) is 5.26 Å². The van der Waals surface area contributed by atoms with Gasteiger partial charge in [0.05, 0.1) is 11.8 Å². The molecule has 3 nitrogen and oxygen atoms in total. The van der Waals surface area contributed by atoms with E-state index in [2.05, 4.69) is 47.5 Å². The molecule has 5 rings (SSSR count). The van der Waals surface area contributed by atoms with Crippen molar-refractivity contribution >= 4 is 21.9 Å². The Morgan fingerprint density at radius 1 is 1.00 bits per heavy atom. The molecule has 0 saturated heterocycles. The molecule has 0 N–H and O–H groups in total. The van der Waals surface area contributed by atoms with Crippen LogP contribution in [-0.2, 0) is 0 Å². The highest BCUT2D eigenvalue weighted by Gasteiger charge is 2.23. The normalized spacial score (nSPS) is 20.0. The fourth-order valence-electron chi connectivity index (χ4n) is 4.41. The molecule has 2 unspecified atom stereocenters. The van der Waals surface area contributed by atoms with Gasteiger partial charge in [0, 0.05) is 28.5 Å². The van der Waals surface area contributed by atoms with Crippen molar-refractivity contribution in [2.24, 2.45) is 5.92 Å². The highest BCUT2D eigenvalue weighted by Crippen LogP contribution is 2.38. The number of para-hydroxylation sites is 2. The molecule has 3 heteroatoms. The summed E-state index contributed by atoms with van der Waals surface area (Å²) in [6.07, 6.45) is 6.15. The van der Waals surface area contributed by atoms with Crippen LogP contribution >= 0.6 is 0 Å². The molecule has 4 aromatic rings. The largest absolute Gasteiger partial charge is 0.455 e. The lowest BCUT2D eigenvalue weighted by atomic mass is 9.78. The number of hydrogen-bond donors (Lipinski definition) is 0. The zero-order valence-corrected chi connectivity index (χ0v) is 15.1. The molecular weight excluding hydrogens is 332 g/mol. The summed E-state index contributed by atoms with van der Waals surface area (Å²) in [4.78, 5) is 4.64. The number of pyridine rings is 1. The minimum Gasteiger partial charge on any atom is -0.455 e. The van der Waals surface area contributed by atoms with E-state index in [1.807, 2.05) is 24.4 Å². The van der Waals surface area contributed by atoms with Crippen LogP contribution in [0.5, 0.6) is 0 Å². The van der Waals surface area contributed by atoms with Gasteiger partial charge in [0.2, 0.25) is 0 Å². The summed E-state index contributed by atoms with van der Waals surface area (Å²) in [5.41, 5.74) is 5.05. The third-order valence-corrected chi connectivity index (χ3v) is 5.79. The molecule has 2 aromatic carbocycles. The summed E-state index contributed by atoms with van der Waals surface area (Å²) in [5, 5.41) is 11.6. The molecule has 2 atom stereocenters. The highest BCUT2D eigenvalue weighted by molar-refractivity contribution is 6.09. The molecule has 2 aromatic heterocycles. The fraction of sp³-hybridized carbons (Fsp3) is 0.250. The van der Waals surface area contributed by atoms with E-state index in [4.69, 9.17) is 4.42 Å². The smallest absolute Gasteiger partial charge is 0.144 e. The minimum absolute atomic E-state index is 0.180. The zero-order valence-electron chi connectivity index (χ0n) is 15.1. The highest BCUT2D eigenvalue weighted by atomic mass is 16.3. The van der Waals surface area contributed by atoms with Crippen LogP contribution in [0, 0.1) is 17.2 Å². The van der Waals surface area contributed by atoms with E-state index in [0.717, 1.165) is 58.9 Å². The van der Waals surface area contributed by atoms with E-state index in [1.165, 1.54) is 5.56 Å². The quantitative estimate of drug-likeness (QED) is 0.417. The molecule has 0 aliphatic heterocycles. The van der Waals surface area contributed by atoms with E-state index in [-0.39, 0.29) is 5.92 Å². The number of benzene rings is 2. The van der Waals surface area contributed by atoms with E-state index >= 15 is 0 Å². The molecule has 27 heavy (non-hydrogen) atoms. The summed E-state index contributed by atoms with van der Waals surface area (Å²) in [5.74, 6) is 0.624. The van der Waals surface area contributed by atoms with Gasteiger partial charge in [-0.3, -0.25) is 4.98 Å². The maximum Gasteiger partial charge on any atom is 0.144 e. The zero-order chi connectivity index (χ0) is 18.2. The summed E-state index contributed by atoms with van der Waals surface area (Å²) >= 11 is 0. The maximum absolute atomic E-state index is 9.30. The SMILES string of the molecule is N#CC1CCCC(c2ccnc(-c3cccc4c3oc3ccccc34)c2)C1. The van der Waals surface area contributed by atoms with Gasteiger partial charge in [-0.15, -0.1) is 0 Å². The molecule has 0 bridgehead atoms. The second-order valence-electron chi connectivity index (χ2n) is 7.44. The first-order chi connectivity index (χ1) is 13.3. The lowest BCUT2D eigenvalue weighted by Gasteiger charge is -2.25. The molecule has 1 saturated carbocycles. The van der Waals surface area contributed by atoms with Crippen LogP contribution in [0.3, 0.4) is 0 Å². The van der Waals surface area contributed by atoms with Gasteiger partial charge in [-0.2, -0.15) is 5.26 Å². The standard InChI is InChI=1S/C24H20N2O/c25-15-16-5-3-6-17(13-16)18-11-12-26-22(14-18)21-9-4-8-20-19-7-1-2-10-23(19)27-24(20)21/h1-2,4,7-12,14,16-17H,3,5-6,13H2. The third kappa shape index (κ3) is 2.78. The van der Waals surface area contributed by atoms with Gasteiger partial charge in [-0.1, -0.05) is 36.8 Å². The first kappa shape index (κ1) is 16.1. The van der Waals surface area contributed by atoms with E-state index in [0.29, 0.717) is 5.92 Å². The van der Waals surface area contributed by atoms with Gasteiger partial charge < -0.3 is 4.42 Å². The Morgan fingerprint density at radius 3 is 2.81 bits per heavy atom. The summed E-state index contributed by atoms with van der Waals surface area (Å²) in [7, 11) is 0. The van der Waals surface area contributed by atoms with E-state index in [9.17, 15) is 5.26 Å². The molecule has 1 fully saturated rings. The molecule has 0 spiro atoms. The maximum atomic E-state index is 9.30. The van der Waals surface area contributed by atoms with E-state index < -0.39 is 0 Å². The first-order valence-corrected chi connectivity index (χ1v) is 9.59. The van der Waals surface area contributed by atoms with E-state index in [1.54, 1.807) is 0 Å². The summed E-state index contributed by atoms with van der Waals surface area (Å²) in [6, 6.07) is 21.1. The molecule has 0 amide bonds. The van der Waals surface area contributed by atoms with Crippen LogP contribution in [0.2, 0.25) is 0 Å². The first-order valence-electron chi connectivity index (χ1n) is 9.59. The fourth-order valence-corrected chi connectivity index (χ4v) is 4.41. The monoisotopic (exact) mass is 352 g/mol. The number of fused-ring (bicyclic) bond motifs is 3. The Morgan fingerprint density at radius 2 is 1.89 bits per heavy atom. The van der Waals surface area contributed by atoms with Crippen molar-refractivity contribution in [1.82, 2.24) is 4.98 Å². The molecule has 2 heterocycles. The number of nitriles is 1. The Balaban J connectivity index is 1.60. The topological polar surface area (TPSA) is 49.8 Å². The Bertz CT molecular complexity index is 1170. The van der Waals surface area contributed by atoms with Gasteiger partial charge in [-0.25, -0.2) is 0 Å². The second-order valence-corrected chi connectivity index (χ2v) is 7.44. The summed E-state index contributed by atoms with van der Waals surface area (Å²) < 4.78 is 6.17. The van der Waals surface area contributed by atoms with Gasteiger partial charge in [0.1, 0.15) is 11.2 Å². The third-order valence-electron chi connectivity index (χ3n) is 5.79. The van der Waals surface area contributed by atoms with Gasteiger partial charge >= 0.3 is 0 Å². The lowest BCUT2D eigenvalue weighted by molar-refractivity contribution is 0.379. The number of rotatable bonds is 2.